The topological polar surface area (TPSA) is 58.9 Å². The van der Waals surface area contributed by atoms with Gasteiger partial charge in [0.2, 0.25) is 0 Å². The summed E-state index contributed by atoms with van der Waals surface area (Å²) in [6.45, 7) is 4.10. The van der Waals surface area contributed by atoms with E-state index in [2.05, 4.69) is 18.2 Å². The molecule has 1 N–H and O–H groups in total. The van der Waals surface area contributed by atoms with Gasteiger partial charge in [-0.2, -0.15) is 0 Å². The summed E-state index contributed by atoms with van der Waals surface area (Å²) >= 11 is 0. The van der Waals surface area contributed by atoms with E-state index in [1.165, 1.54) is 5.57 Å². The average molecular weight is 223 g/mol. The molecule has 0 amide bonds. The van der Waals surface area contributed by atoms with Gasteiger partial charge in [-0.3, -0.25) is 0 Å². The largest absolute Gasteiger partial charge is 0.477 e. The minimum atomic E-state index is -0.966. The van der Waals surface area contributed by atoms with Crippen LogP contribution in [0.5, 0.6) is 0 Å². The molecule has 4 heteroatoms. The zero-order valence-electron chi connectivity index (χ0n) is 9.69. The van der Waals surface area contributed by atoms with Crippen LogP contribution in [0.1, 0.15) is 39.5 Å². The van der Waals surface area contributed by atoms with Crippen LogP contribution in [0.2, 0.25) is 0 Å². The molecule has 0 aromatic rings. The minimum absolute atomic E-state index is 0.147. The fourth-order valence-electron chi connectivity index (χ4n) is 2.41. The first kappa shape index (κ1) is 11.2. The lowest BCUT2D eigenvalue weighted by atomic mass is 9.76. The highest BCUT2D eigenvalue weighted by molar-refractivity contribution is 6.36. The van der Waals surface area contributed by atoms with Crippen LogP contribution in [0.25, 0.3) is 0 Å². The number of aliphatic carboxylic acids is 1. The van der Waals surface area contributed by atoms with Crippen molar-refractivity contribution in [3.8, 4) is 0 Å². The highest BCUT2D eigenvalue weighted by Gasteiger charge is 2.43. The predicted molar refractivity (Wildman–Crippen MR) is 60.3 cm³/mol. The molecular weight excluding hydrogens is 206 g/mol. The SMILES string of the molecule is CC1=CC[C@@H]([C@@]2(C)CC(C(=O)O)=NO2)CC1. The van der Waals surface area contributed by atoms with Gasteiger partial charge >= 0.3 is 5.97 Å². The number of hydrogen-bond acceptors (Lipinski definition) is 3. The lowest BCUT2D eigenvalue weighted by Gasteiger charge is -2.33. The molecule has 88 valence electrons. The van der Waals surface area contributed by atoms with Gasteiger partial charge in [-0.15, -0.1) is 0 Å². The second-order valence-electron chi connectivity index (χ2n) is 4.95. The fourth-order valence-corrected chi connectivity index (χ4v) is 2.41. The van der Waals surface area contributed by atoms with E-state index < -0.39 is 11.6 Å². The van der Waals surface area contributed by atoms with Gasteiger partial charge in [-0.05, 0) is 33.1 Å². The van der Waals surface area contributed by atoms with Crippen LogP contribution in [0.15, 0.2) is 16.8 Å². The maximum absolute atomic E-state index is 10.8. The molecule has 0 radical (unpaired) electrons. The number of allylic oxidation sites excluding steroid dienone is 2. The van der Waals surface area contributed by atoms with Crippen LogP contribution >= 0.6 is 0 Å². The molecule has 0 saturated carbocycles. The highest BCUT2D eigenvalue weighted by atomic mass is 16.7. The van der Waals surface area contributed by atoms with Crippen molar-refractivity contribution in [2.45, 2.75) is 45.1 Å². The third kappa shape index (κ3) is 1.96. The molecule has 0 saturated heterocycles. The number of oxime groups is 1. The number of nitrogens with zero attached hydrogens (tertiary/aromatic N) is 1. The maximum Gasteiger partial charge on any atom is 0.353 e. The van der Waals surface area contributed by atoms with Gasteiger partial charge in [-0.1, -0.05) is 16.8 Å². The standard InChI is InChI=1S/C12H17NO3/c1-8-3-5-9(6-4-8)12(2)7-10(11(14)15)13-16-12/h3,9H,4-7H2,1-2H3,(H,14,15)/t9-,12-/m1/s1. The van der Waals surface area contributed by atoms with E-state index in [4.69, 9.17) is 9.94 Å². The van der Waals surface area contributed by atoms with Crippen molar-refractivity contribution in [1.82, 2.24) is 0 Å². The molecule has 0 fully saturated rings. The Morgan fingerprint density at radius 2 is 2.44 bits per heavy atom. The monoisotopic (exact) mass is 223 g/mol. The molecule has 1 aliphatic carbocycles. The van der Waals surface area contributed by atoms with Crippen molar-refractivity contribution >= 4 is 11.7 Å². The Kier molecular flexibility index (Phi) is 2.74. The van der Waals surface area contributed by atoms with Gasteiger partial charge in [-0.25, -0.2) is 4.79 Å². The molecule has 4 nitrogen and oxygen atoms in total. The zero-order valence-corrected chi connectivity index (χ0v) is 9.69. The van der Waals surface area contributed by atoms with Gasteiger partial charge in [0.1, 0.15) is 5.60 Å². The van der Waals surface area contributed by atoms with Gasteiger partial charge in [0, 0.05) is 12.3 Å². The minimum Gasteiger partial charge on any atom is -0.477 e. The normalized spacial score (nSPS) is 34.0. The average Bonchev–Trinajstić information content (AvgIpc) is 2.63. The summed E-state index contributed by atoms with van der Waals surface area (Å²) in [6, 6.07) is 0. The molecule has 0 bridgehead atoms. The van der Waals surface area contributed by atoms with Crippen LogP contribution in [0.3, 0.4) is 0 Å². The van der Waals surface area contributed by atoms with E-state index in [1.807, 2.05) is 6.92 Å². The van der Waals surface area contributed by atoms with Crippen LogP contribution < -0.4 is 0 Å². The summed E-state index contributed by atoms with van der Waals surface area (Å²) in [5.74, 6) is -0.594. The number of carboxylic acids is 1. The van der Waals surface area contributed by atoms with E-state index in [9.17, 15) is 4.79 Å². The fraction of sp³-hybridized carbons (Fsp3) is 0.667. The van der Waals surface area contributed by atoms with E-state index in [-0.39, 0.29) is 5.71 Å². The number of hydrogen-bond donors (Lipinski definition) is 1. The molecule has 0 aromatic heterocycles. The van der Waals surface area contributed by atoms with Crippen LogP contribution in [0, 0.1) is 5.92 Å². The second kappa shape index (κ2) is 3.92. The van der Waals surface area contributed by atoms with E-state index in [1.54, 1.807) is 0 Å². The molecule has 2 rings (SSSR count). The molecule has 0 aromatic carbocycles. The lowest BCUT2D eigenvalue weighted by molar-refractivity contribution is -0.129. The van der Waals surface area contributed by atoms with Gasteiger partial charge < -0.3 is 9.94 Å². The van der Waals surface area contributed by atoms with E-state index >= 15 is 0 Å². The first-order chi connectivity index (χ1) is 7.51. The van der Waals surface area contributed by atoms with Crippen LogP contribution in [0.4, 0.5) is 0 Å². The first-order valence-electron chi connectivity index (χ1n) is 5.65. The quantitative estimate of drug-likeness (QED) is 0.731. The molecule has 0 unspecified atom stereocenters. The first-order valence-corrected chi connectivity index (χ1v) is 5.65. The summed E-state index contributed by atoms with van der Waals surface area (Å²) in [4.78, 5) is 16.2. The molecule has 16 heavy (non-hydrogen) atoms. The Morgan fingerprint density at radius 1 is 1.69 bits per heavy atom. The summed E-state index contributed by atoms with van der Waals surface area (Å²) in [5, 5.41) is 12.5. The van der Waals surface area contributed by atoms with Crippen molar-refractivity contribution in [3.63, 3.8) is 0 Å². The number of carbonyl (C=O) groups is 1. The van der Waals surface area contributed by atoms with Crippen LogP contribution in [-0.4, -0.2) is 22.4 Å². The zero-order chi connectivity index (χ0) is 11.8. The van der Waals surface area contributed by atoms with Crippen molar-refractivity contribution in [2.24, 2.45) is 11.1 Å². The number of carboxylic acid groups (broad SMARTS) is 1. The molecule has 1 heterocycles. The van der Waals surface area contributed by atoms with Crippen molar-refractivity contribution in [3.05, 3.63) is 11.6 Å². The van der Waals surface area contributed by atoms with Gasteiger partial charge in [0.25, 0.3) is 0 Å². The Bertz CT molecular complexity index is 372. The Balaban J connectivity index is 2.04. The van der Waals surface area contributed by atoms with Crippen molar-refractivity contribution in [1.29, 1.82) is 0 Å². The lowest BCUT2D eigenvalue weighted by Crippen LogP contribution is -2.36. The molecule has 0 spiro atoms. The van der Waals surface area contributed by atoms with E-state index in [0.717, 1.165) is 19.3 Å². The summed E-state index contributed by atoms with van der Waals surface area (Å²) in [6.07, 6.45) is 5.74. The van der Waals surface area contributed by atoms with Crippen LogP contribution in [-0.2, 0) is 9.63 Å². The van der Waals surface area contributed by atoms with Crippen molar-refractivity contribution in [2.75, 3.05) is 0 Å². The molecule has 2 atom stereocenters. The second-order valence-corrected chi connectivity index (χ2v) is 4.95. The third-order valence-electron chi connectivity index (χ3n) is 3.63. The molecule has 2 aliphatic rings. The smallest absolute Gasteiger partial charge is 0.353 e. The van der Waals surface area contributed by atoms with Gasteiger partial charge in [0.15, 0.2) is 5.71 Å². The van der Waals surface area contributed by atoms with Crippen molar-refractivity contribution < 1.29 is 14.7 Å². The Morgan fingerprint density at radius 3 is 2.94 bits per heavy atom. The predicted octanol–water partition coefficient (Wildman–Crippen LogP) is 2.35. The molecular formula is C12H17NO3. The summed E-state index contributed by atoms with van der Waals surface area (Å²) in [7, 11) is 0. The third-order valence-corrected chi connectivity index (χ3v) is 3.63. The maximum atomic E-state index is 10.8. The summed E-state index contributed by atoms with van der Waals surface area (Å²) < 4.78 is 0. The number of rotatable bonds is 2. The Hall–Kier alpha value is -1.32. The Labute approximate surface area is 95.0 Å². The summed E-state index contributed by atoms with van der Waals surface area (Å²) in [5.41, 5.74) is 1.14. The highest BCUT2D eigenvalue weighted by Crippen LogP contribution is 2.39. The van der Waals surface area contributed by atoms with Gasteiger partial charge in [0.05, 0.1) is 0 Å². The van der Waals surface area contributed by atoms with E-state index in [0.29, 0.717) is 12.3 Å². The molecule has 1 aliphatic heterocycles.